The Morgan fingerprint density at radius 1 is 1.58 bits per heavy atom. The summed E-state index contributed by atoms with van der Waals surface area (Å²) in [6, 6.07) is 3.24. The Balaban J connectivity index is 2.45. The quantitative estimate of drug-likeness (QED) is 0.665. The van der Waals surface area contributed by atoms with E-state index < -0.39 is 5.97 Å². The molecule has 1 aromatic rings. The van der Waals surface area contributed by atoms with Gasteiger partial charge in [0.05, 0.1) is 6.61 Å². The topological polar surface area (TPSA) is 59.4 Å². The van der Waals surface area contributed by atoms with Gasteiger partial charge in [-0.05, 0) is 6.07 Å². The van der Waals surface area contributed by atoms with Crippen LogP contribution in [-0.4, -0.2) is 22.7 Å². The van der Waals surface area contributed by atoms with Crippen molar-refractivity contribution >= 4 is 5.97 Å². The summed E-state index contributed by atoms with van der Waals surface area (Å²) in [5, 5.41) is 8.60. The molecule has 0 aliphatic carbocycles. The lowest BCUT2D eigenvalue weighted by Gasteiger charge is -1.97. The molecule has 0 bridgehead atoms. The highest BCUT2D eigenvalue weighted by Gasteiger charge is 2.15. The SMILES string of the molecule is O=C(O)c1ccc2c(n1)OCC2. The number of aromatic nitrogens is 1. The summed E-state index contributed by atoms with van der Waals surface area (Å²) in [4.78, 5) is 14.3. The second kappa shape index (κ2) is 2.48. The molecule has 2 rings (SSSR count). The predicted octanol–water partition coefficient (Wildman–Crippen LogP) is 0.715. The lowest BCUT2D eigenvalue weighted by Crippen LogP contribution is -2.00. The molecule has 4 heteroatoms. The van der Waals surface area contributed by atoms with Crippen LogP contribution in [0.2, 0.25) is 0 Å². The molecule has 0 amide bonds. The molecule has 0 saturated heterocycles. The number of rotatable bonds is 1. The molecular formula is C8H7NO3. The Hall–Kier alpha value is -1.58. The number of fused-ring (bicyclic) bond motifs is 1. The summed E-state index contributed by atoms with van der Waals surface area (Å²) in [6.45, 7) is 0.603. The minimum Gasteiger partial charge on any atom is -0.477 e. The summed E-state index contributed by atoms with van der Waals surface area (Å²) in [5.74, 6) is -0.553. The van der Waals surface area contributed by atoms with Crippen LogP contribution in [0.5, 0.6) is 5.88 Å². The van der Waals surface area contributed by atoms with E-state index in [0.29, 0.717) is 12.5 Å². The Labute approximate surface area is 68.8 Å². The lowest BCUT2D eigenvalue weighted by atomic mass is 10.2. The van der Waals surface area contributed by atoms with Crippen LogP contribution in [0.1, 0.15) is 16.1 Å². The largest absolute Gasteiger partial charge is 0.477 e. The Morgan fingerprint density at radius 2 is 2.42 bits per heavy atom. The van der Waals surface area contributed by atoms with Gasteiger partial charge in [0.2, 0.25) is 5.88 Å². The standard InChI is InChI=1S/C8H7NO3/c10-8(11)6-2-1-5-3-4-12-7(5)9-6/h1-2H,3-4H2,(H,10,11). The Morgan fingerprint density at radius 3 is 3.17 bits per heavy atom. The Kier molecular flexibility index (Phi) is 1.46. The van der Waals surface area contributed by atoms with Gasteiger partial charge >= 0.3 is 5.97 Å². The molecule has 0 unspecified atom stereocenters. The van der Waals surface area contributed by atoms with E-state index in [-0.39, 0.29) is 5.69 Å². The van der Waals surface area contributed by atoms with Crippen LogP contribution < -0.4 is 4.74 Å². The molecule has 0 aromatic carbocycles. The summed E-state index contributed by atoms with van der Waals surface area (Å²) < 4.78 is 5.11. The molecule has 1 N–H and O–H groups in total. The molecule has 2 heterocycles. The first-order chi connectivity index (χ1) is 5.77. The number of hydrogen-bond acceptors (Lipinski definition) is 3. The average molecular weight is 165 g/mol. The van der Waals surface area contributed by atoms with Crippen molar-refractivity contribution in [2.45, 2.75) is 6.42 Å². The number of ether oxygens (including phenoxy) is 1. The van der Waals surface area contributed by atoms with Crippen molar-refractivity contribution in [3.05, 3.63) is 23.4 Å². The van der Waals surface area contributed by atoms with Gasteiger partial charge in [-0.2, -0.15) is 0 Å². The van der Waals surface area contributed by atoms with Gasteiger partial charge < -0.3 is 9.84 Å². The third kappa shape index (κ3) is 1.01. The van der Waals surface area contributed by atoms with Gasteiger partial charge in [0.1, 0.15) is 0 Å². The maximum Gasteiger partial charge on any atom is 0.354 e. The minimum absolute atomic E-state index is 0.0376. The summed E-state index contributed by atoms with van der Waals surface area (Å²) in [7, 11) is 0. The van der Waals surface area contributed by atoms with Crippen molar-refractivity contribution in [2.24, 2.45) is 0 Å². The number of carboxylic acids is 1. The highest BCUT2D eigenvalue weighted by Crippen LogP contribution is 2.22. The van der Waals surface area contributed by atoms with Gasteiger partial charge in [-0.15, -0.1) is 0 Å². The number of carbonyl (C=O) groups is 1. The summed E-state index contributed by atoms with van der Waals surface area (Å²) in [6.07, 6.45) is 0.822. The Bertz CT molecular complexity index is 335. The monoisotopic (exact) mass is 165 g/mol. The second-order valence-electron chi connectivity index (χ2n) is 2.56. The average Bonchev–Trinajstić information content (AvgIpc) is 2.49. The lowest BCUT2D eigenvalue weighted by molar-refractivity contribution is 0.0689. The molecule has 62 valence electrons. The fourth-order valence-corrected chi connectivity index (χ4v) is 1.16. The van der Waals surface area contributed by atoms with E-state index in [4.69, 9.17) is 9.84 Å². The molecule has 1 aromatic heterocycles. The van der Waals surface area contributed by atoms with Gasteiger partial charge in [-0.25, -0.2) is 9.78 Å². The maximum atomic E-state index is 10.5. The van der Waals surface area contributed by atoms with E-state index in [1.165, 1.54) is 6.07 Å². The molecule has 0 fully saturated rings. The zero-order chi connectivity index (χ0) is 8.55. The molecule has 0 radical (unpaired) electrons. The molecule has 4 nitrogen and oxygen atoms in total. The zero-order valence-electron chi connectivity index (χ0n) is 6.28. The summed E-state index contributed by atoms with van der Waals surface area (Å²) >= 11 is 0. The van der Waals surface area contributed by atoms with E-state index in [0.717, 1.165) is 12.0 Å². The van der Waals surface area contributed by atoms with Crippen LogP contribution in [0.4, 0.5) is 0 Å². The van der Waals surface area contributed by atoms with Crippen LogP contribution in [0.3, 0.4) is 0 Å². The van der Waals surface area contributed by atoms with Crippen LogP contribution >= 0.6 is 0 Å². The summed E-state index contributed by atoms with van der Waals surface area (Å²) in [5.41, 5.74) is 1.02. The normalized spacial score (nSPS) is 13.7. The van der Waals surface area contributed by atoms with Crippen molar-refractivity contribution < 1.29 is 14.6 Å². The predicted molar refractivity (Wildman–Crippen MR) is 40.4 cm³/mol. The third-order valence-corrected chi connectivity index (χ3v) is 1.77. The molecular weight excluding hydrogens is 158 g/mol. The molecule has 0 atom stereocenters. The van der Waals surface area contributed by atoms with Gasteiger partial charge in [-0.1, -0.05) is 6.07 Å². The maximum absolute atomic E-state index is 10.5. The number of aromatic carboxylic acids is 1. The molecule has 12 heavy (non-hydrogen) atoms. The first-order valence-electron chi connectivity index (χ1n) is 3.63. The third-order valence-electron chi connectivity index (χ3n) is 1.77. The number of pyridine rings is 1. The first-order valence-corrected chi connectivity index (χ1v) is 3.63. The van der Waals surface area contributed by atoms with Crippen molar-refractivity contribution in [3.8, 4) is 5.88 Å². The molecule has 1 aliphatic heterocycles. The van der Waals surface area contributed by atoms with Crippen LogP contribution in [-0.2, 0) is 6.42 Å². The van der Waals surface area contributed by atoms with E-state index >= 15 is 0 Å². The first kappa shape index (κ1) is 7.09. The zero-order valence-corrected chi connectivity index (χ0v) is 6.28. The number of carboxylic acid groups (broad SMARTS) is 1. The van der Waals surface area contributed by atoms with Crippen LogP contribution in [0.15, 0.2) is 12.1 Å². The van der Waals surface area contributed by atoms with Gasteiger partial charge in [0, 0.05) is 12.0 Å². The second-order valence-corrected chi connectivity index (χ2v) is 2.56. The molecule has 0 spiro atoms. The number of hydrogen-bond donors (Lipinski definition) is 1. The minimum atomic E-state index is -1.02. The highest BCUT2D eigenvalue weighted by atomic mass is 16.5. The highest BCUT2D eigenvalue weighted by molar-refractivity contribution is 5.85. The van der Waals surface area contributed by atoms with Gasteiger partial charge in [0.15, 0.2) is 5.69 Å². The van der Waals surface area contributed by atoms with Crippen molar-refractivity contribution in [1.29, 1.82) is 0 Å². The van der Waals surface area contributed by atoms with E-state index in [9.17, 15) is 4.79 Å². The van der Waals surface area contributed by atoms with Crippen LogP contribution in [0.25, 0.3) is 0 Å². The fraction of sp³-hybridized carbons (Fsp3) is 0.250. The van der Waals surface area contributed by atoms with Crippen LogP contribution in [0, 0.1) is 0 Å². The van der Waals surface area contributed by atoms with E-state index in [2.05, 4.69) is 4.98 Å². The van der Waals surface area contributed by atoms with E-state index in [1.807, 2.05) is 0 Å². The van der Waals surface area contributed by atoms with Crippen molar-refractivity contribution in [3.63, 3.8) is 0 Å². The number of nitrogens with zero attached hydrogens (tertiary/aromatic N) is 1. The van der Waals surface area contributed by atoms with Gasteiger partial charge in [0.25, 0.3) is 0 Å². The molecule has 0 saturated carbocycles. The smallest absolute Gasteiger partial charge is 0.354 e. The van der Waals surface area contributed by atoms with Crippen molar-refractivity contribution in [2.75, 3.05) is 6.61 Å². The van der Waals surface area contributed by atoms with Crippen molar-refractivity contribution in [1.82, 2.24) is 4.98 Å². The molecule has 1 aliphatic rings. The van der Waals surface area contributed by atoms with E-state index in [1.54, 1.807) is 6.07 Å². The fourth-order valence-electron chi connectivity index (χ4n) is 1.16. The van der Waals surface area contributed by atoms with Gasteiger partial charge in [-0.3, -0.25) is 0 Å².